The Morgan fingerprint density at radius 1 is 0.806 bits per heavy atom. The van der Waals surface area contributed by atoms with E-state index in [2.05, 4.69) is 8.92 Å². The van der Waals surface area contributed by atoms with Crippen molar-refractivity contribution in [1.82, 2.24) is 0 Å². The molecule has 31 heavy (non-hydrogen) atoms. The minimum atomic E-state index is -6.32. The van der Waals surface area contributed by atoms with Crippen molar-refractivity contribution in [2.75, 3.05) is 6.61 Å². The first kappa shape index (κ1) is 26.6. The Bertz CT molecular complexity index is 809. The molecule has 0 aromatic rings. The van der Waals surface area contributed by atoms with E-state index in [1.165, 1.54) is 0 Å². The highest BCUT2D eigenvalue weighted by Crippen LogP contribution is 2.34. The van der Waals surface area contributed by atoms with Crippen LogP contribution >= 0.6 is 0 Å². The SMILES string of the molecule is CC(=O)OC[C@H]1OC(OC(C)=O)[C@@H](OS(=O)(=O)C(F)(F)F)[C@@H](OC(C)=O)[C@@H]1OC(C)=O. The van der Waals surface area contributed by atoms with Gasteiger partial charge in [-0.2, -0.15) is 21.6 Å². The molecule has 0 N–H and O–H groups in total. The Morgan fingerprint density at radius 3 is 1.71 bits per heavy atom. The Morgan fingerprint density at radius 2 is 1.29 bits per heavy atom. The fourth-order valence-electron chi connectivity index (χ4n) is 2.43. The standard InChI is InChI=1S/C15H19F3O12S/c1-6(19)25-5-10-11(26-7(2)20)12(27-8(3)21)13(14(29-10)28-9(4)22)30-31(23,24)15(16,17)18/h10-14H,5H2,1-4H3/t10-,11-,12+,13+,14?/m1/s1. The number of alkyl halides is 3. The molecule has 1 rings (SSSR count). The van der Waals surface area contributed by atoms with Gasteiger partial charge in [0.2, 0.25) is 6.29 Å². The maximum atomic E-state index is 12.8. The lowest BCUT2D eigenvalue weighted by molar-refractivity contribution is -0.292. The molecule has 1 fully saturated rings. The van der Waals surface area contributed by atoms with Crippen LogP contribution < -0.4 is 0 Å². The summed E-state index contributed by atoms with van der Waals surface area (Å²) >= 11 is 0. The van der Waals surface area contributed by atoms with Gasteiger partial charge in [-0.1, -0.05) is 0 Å². The minimum Gasteiger partial charge on any atom is -0.463 e. The minimum absolute atomic E-state index is 0.693. The normalized spacial score (nSPS) is 26.5. The summed E-state index contributed by atoms with van der Waals surface area (Å²) in [7, 11) is -6.32. The van der Waals surface area contributed by atoms with E-state index in [4.69, 9.17) is 18.9 Å². The van der Waals surface area contributed by atoms with Crippen LogP contribution in [0.2, 0.25) is 0 Å². The van der Waals surface area contributed by atoms with Gasteiger partial charge in [0.05, 0.1) is 0 Å². The molecule has 0 amide bonds. The van der Waals surface area contributed by atoms with Crippen LogP contribution in [0.4, 0.5) is 13.2 Å². The van der Waals surface area contributed by atoms with Crippen molar-refractivity contribution in [3.63, 3.8) is 0 Å². The fraction of sp³-hybridized carbons (Fsp3) is 0.733. The fourth-order valence-corrected chi connectivity index (χ4v) is 3.04. The van der Waals surface area contributed by atoms with Crippen LogP contribution in [0.5, 0.6) is 0 Å². The van der Waals surface area contributed by atoms with Crippen molar-refractivity contribution in [2.45, 2.75) is 63.9 Å². The van der Waals surface area contributed by atoms with Crippen molar-refractivity contribution in [3.05, 3.63) is 0 Å². The number of rotatable bonds is 7. The van der Waals surface area contributed by atoms with Gasteiger partial charge in [-0.25, -0.2) is 4.18 Å². The molecule has 1 aliphatic rings. The molecule has 0 aromatic carbocycles. The van der Waals surface area contributed by atoms with E-state index in [1.807, 2.05) is 0 Å². The molecule has 1 aliphatic heterocycles. The Hall–Kier alpha value is -2.46. The lowest BCUT2D eigenvalue weighted by Crippen LogP contribution is -2.63. The summed E-state index contributed by atoms with van der Waals surface area (Å²) in [6, 6.07) is 0. The van der Waals surface area contributed by atoms with E-state index in [0.29, 0.717) is 0 Å². The van der Waals surface area contributed by atoms with Gasteiger partial charge in [-0.15, -0.1) is 0 Å². The van der Waals surface area contributed by atoms with E-state index in [1.54, 1.807) is 0 Å². The Balaban J connectivity index is 3.50. The molecule has 178 valence electrons. The molecule has 0 spiro atoms. The molecule has 12 nitrogen and oxygen atoms in total. The van der Waals surface area contributed by atoms with E-state index in [-0.39, 0.29) is 0 Å². The summed E-state index contributed by atoms with van der Waals surface area (Å²) in [5, 5.41) is 0. The molecule has 0 aliphatic carbocycles. The molecule has 0 aromatic heterocycles. The van der Waals surface area contributed by atoms with Gasteiger partial charge in [0.1, 0.15) is 12.7 Å². The van der Waals surface area contributed by atoms with E-state index in [9.17, 15) is 40.8 Å². The first-order valence-corrected chi connectivity index (χ1v) is 9.76. The number of hydrogen-bond donors (Lipinski definition) is 0. The third-order valence-corrected chi connectivity index (χ3v) is 4.49. The van der Waals surface area contributed by atoms with Crippen LogP contribution in [0.3, 0.4) is 0 Å². The monoisotopic (exact) mass is 480 g/mol. The van der Waals surface area contributed by atoms with Gasteiger partial charge < -0.3 is 23.7 Å². The predicted molar refractivity (Wildman–Crippen MR) is 88.0 cm³/mol. The summed E-state index contributed by atoms with van der Waals surface area (Å²) in [6.45, 7) is 2.82. The highest BCUT2D eigenvalue weighted by Gasteiger charge is 2.58. The zero-order chi connectivity index (χ0) is 24.1. The van der Waals surface area contributed by atoms with Crippen molar-refractivity contribution >= 4 is 34.0 Å². The van der Waals surface area contributed by atoms with Crippen molar-refractivity contribution in [3.8, 4) is 0 Å². The highest BCUT2D eigenvalue weighted by molar-refractivity contribution is 7.87. The number of esters is 4. The van der Waals surface area contributed by atoms with Crippen LogP contribution in [-0.4, -0.2) is 75.1 Å². The molecular weight excluding hydrogens is 461 g/mol. The number of carbonyl (C=O) groups excluding carboxylic acids is 4. The van der Waals surface area contributed by atoms with Gasteiger partial charge in [-0.05, 0) is 0 Å². The largest absolute Gasteiger partial charge is 0.523 e. The van der Waals surface area contributed by atoms with Gasteiger partial charge in [-0.3, -0.25) is 19.2 Å². The van der Waals surface area contributed by atoms with Crippen molar-refractivity contribution in [1.29, 1.82) is 0 Å². The van der Waals surface area contributed by atoms with E-state index < -0.39 is 76.8 Å². The van der Waals surface area contributed by atoms with Crippen LogP contribution in [0, 0.1) is 0 Å². The van der Waals surface area contributed by atoms with Gasteiger partial charge in [0, 0.05) is 27.7 Å². The van der Waals surface area contributed by atoms with Gasteiger partial charge >= 0.3 is 39.5 Å². The average molecular weight is 480 g/mol. The van der Waals surface area contributed by atoms with E-state index >= 15 is 0 Å². The second-order valence-corrected chi connectivity index (χ2v) is 7.63. The molecule has 1 heterocycles. The number of hydrogen-bond acceptors (Lipinski definition) is 12. The molecule has 16 heteroatoms. The summed E-state index contributed by atoms with van der Waals surface area (Å²) in [5.74, 6) is -4.16. The third-order valence-electron chi connectivity index (χ3n) is 3.45. The molecule has 1 unspecified atom stereocenters. The summed E-state index contributed by atoms with van der Waals surface area (Å²) in [5.41, 5.74) is -5.90. The Kier molecular flexibility index (Phi) is 8.77. The quantitative estimate of drug-likeness (QED) is 0.207. The van der Waals surface area contributed by atoms with Crippen LogP contribution in [0.1, 0.15) is 27.7 Å². The zero-order valence-electron chi connectivity index (χ0n) is 16.5. The summed E-state index contributed by atoms with van der Waals surface area (Å²) in [4.78, 5) is 45.5. The number of halogens is 3. The topological polar surface area (TPSA) is 158 Å². The average Bonchev–Trinajstić information content (AvgIpc) is 2.56. The lowest BCUT2D eigenvalue weighted by Gasteiger charge is -2.43. The highest BCUT2D eigenvalue weighted by atomic mass is 32.2. The molecule has 5 atom stereocenters. The second kappa shape index (κ2) is 10.2. The number of carbonyl (C=O) groups is 4. The van der Waals surface area contributed by atoms with Crippen LogP contribution in [-0.2, 0) is 57.2 Å². The van der Waals surface area contributed by atoms with Gasteiger partial charge in [0.15, 0.2) is 18.3 Å². The maximum absolute atomic E-state index is 12.8. The number of ether oxygens (including phenoxy) is 5. The van der Waals surface area contributed by atoms with Crippen molar-refractivity contribution in [2.24, 2.45) is 0 Å². The molecule has 0 radical (unpaired) electrons. The second-order valence-electron chi connectivity index (χ2n) is 6.06. The Labute approximate surface area is 174 Å². The first-order chi connectivity index (χ1) is 14.0. The molecular formula is C15H19F3O12S. The van der Waals surface area contributed by atoms with E-state index in [0.717, 1.165) is 27.7 Å². The first-order valence-electron chi connectivity index (χ1n) is 8.35. The molecule has 1 saturated heterocycles. The van der Waals surface area contributed by atoms with Crippen molar-refractivity contribution < 1.29 is 68.6 Å². The summed E-state index contributed by atoms with van der Waals surface area (Å²) < 4.78 is 90.1. The zero-order valence-corrected chi connectivity index (χ0v) is 17.4. The molecule has 0 saturated carbocycles. The molecule has 0 bridgehead atoms. The lowest BCUT2D eigenvalue weighted by atomic mass is 9.98. The smallest absolute Gasteiger partial charge is 0.463 e. The summed E-state index contributed by atoms with van der Waals surface area (Å²) in [6.07, 6.45) is -10.0. The third kappa shape index (κ3) is 7.62. The predicted octanol–water partition coefficient (Wildman–Crippen LogP) is -0.0643. The maximum Gasteiger partial charge on any atom is 0.523 e. The van der Waals surface area contributed by atoms with Crippen LogP contribution in [0.25, 0.3) is 0 Å². The van der Waals surface area contributed by atoms with Gasteiger partial charge in [0.25, 0.3) is 0 Å². The van der Waals surface area contributed by atoms with Crippen LogP contribution in [0.15, 0.2) is 0 Å².